The summed E-state index contributed by atoms with van der Waals surface area (Å²) in [7, 11) is 0. The van der Waals surface area contributed by atoms with Gasteiger partial charge in [-0.3, -0.25) is 0 Å². The Kier molecular flexibility index (Phi) is 7.67. The summed E-state index contributed by atoms with van der Waals surface area (Å²) >= 11 is 1.80. The molecular formula is C63H34N4O2S. The van der Waals surface area contributed by atoms with Gasteiger partial charge in [-0.25, -0.2) is 15.0 Å². The number of rotatable bonds is 4. The molecule has 0 aliphatic rings. The minimum Gasteiger partial charge on any atom is -0.456 e. The lowest BCUT2D eigenvalue weighted by atomic mass is 10.0. The van der Waals surface area contributed by atoms with Crippen molar-refractivity contribution in [2.24, 2.45) is 0 Å². The van der Waals surface area contributed by atoms with E-state index >= 15 is 0 Å². The Morgan fingerprint density at radius 1 is 0.343 bits per heavy atom. The molecule has 70 heavy (non-hydrogen) atoms. The van der Waals surface area contributed by atoms with Gasteiger partial charge in [0.15, 0.2) is 17.5 Å². The Morgan fingerprint density at radius 3 is 1.81 bits per heavy atom. The standard InChI is InChI=1S/C63H34N4O2S/c1-2-14-38-32-53-50(29-37(38)13-1)58-42-15-5-3-11-35(42)22-26-52(58)67(53)41-33-49-46-25-21-36-12-4-6-16-43(36)59(46)69-60(49)51(34-41)63-65-61(39-23-27-55-47(30-39)44-17-7-9-19-54(44)68-55)64-62(66-63)40-24-28-57-48(31-40)45-18-8-10-20-56(45)70-57/h1-34H. The van der Waals surface area contributed by atoms with E-state index in [1.54, 1.807) is 11.3 Å². The number of fused-ring (bicyclic) bond motifs is 17. The number of para-hydroxylation sites is 1. The second kappa shape index (κ2) is 14.2. The molecular weight excluding hydrogens is 877 g/mol. The van der Waals surface area contributed by atoms with Crippen molar-refractivity contribution in [1.82, 2.24) is 19.5 Å². The first-order chi connectivity index (χ1) is 34.6. The van der Waals surface area contributed by atoms with Crippen molar-refractivity contribution in [3.05, 3.63) is 206 Å². The Bertz CT molecular complexity index is 4790. The van der Waals surface area contributed by atoms with E-state index in [1.165, 1.54) is 52.5 Å². The van der Waals surface area contributed by atoms with E-state index in [1.807, 2.05) is 24.3 Å². The van der Waals surface area contributed by atoms with Crippen molar-refractivity contribution in [3.63, 3.8) is 0 Å². The van der Waals surface area contributed by atoms with Gasteiger partial charge in [0, 0.05) is 74.7 Å². The Hall–Kier alpha value is -9.17. The van der Waals surface area contributed by atoms with Crippen LogP contribution in [0.3, 0.4) is 0 Å². The normalized spacial score (nSPS) is 12.3. The van der Waals surface area contributed by atoms with Gasteiger partial charge < -0.3 is 13.4 Å². The fraction of sp³-hybridized carbons (Fsp3) is 0. The first-order valence-electron chi connectivity index (χ1n) is 23.5. The molecule has 0 saturated heterocycles. The highest BCUT2D eigenvalue weighted by atomic mass is 32.1. The summed E-state index contributed by atoms with van der Waals surface area (Å²) in [5, 5.41) is 15.8. The van der Waals surface area contributed by atoms with Crippen LogP contribution in [0.15, 0.2) is 215 Å². The van der Waals surface area contributed by atoms with Crippen molar-refractivity contribution in [1.29, 1.82) is 0 Å². The van der Waals surface area contributed by atoms with Crippen molar-refractivity contribution >= 4 is 130 Å². The van der Waals surface area contributed by atoms with Gasteiger partial charge in [0.1, 0.15) is 22.3 Å². The zero-order chi connectivity index (χ0) is 45.6. The Balaban J connectivity index is 1.03. The highest BCUT2D eigenvalue weighted by Gasteiger charge is 2.24. The van der Waals surface area contributed by atoms with Crippen LogP contribution in [0, 0.1) is 0 Å². The van der Waals surface area contributed by atoms with Crippen LogP contribution in [-0.4, -0.2) is 19.5 Å². The maximum absolute atomic E-state index is 7.18. The summed E-state index contributed by atoms with van der Waals surface area (Å²) in [6, 6.07) is 73.4. The third-order valence-electron chi connectivity index (χ3n) is 14.4. The molecule has 0 bridgehead atoms. The van der Waals surface area contributed by atoms with Gasteiger partial charge in [0.05, 0.1) is 16.6 Å². The van der Waals surface area contributed by atoms with Gasteiger partial charge in [0.25, 0.3) is 0 Å². The van der Waals surface area contributed by atoms with E-state index in [2.05, 4.69) is 187 Å². The molecule has 0 amide bonds. The second-order valence-corrected chi connectivity index (χ2v) is 19.4. The number of thiophene rings is 1. The number of hydrogen-bond donors (Lipinski definition) is 0. The highest BCUT2D eigenvalue weighted by Crippen LogP contribution is 2.45. The van der Waals surface area contributed by atoms with Crippen LogP contribution < -0.4 is 0 Å². The van der Waals surface area contributed by atoms with Crippen molar-refractivity contribution in [3.8, 4) is 39.9 Å². The minimum atomic E-state index is 0.513. The molecule has 7 heteroatoms. The SMILES string of the molecule is c1ccc2cc3c(cc2c1)c1c2ccccc2ccc1n3-c1cc(-c2nc(-c3ccc4oc5ccccc5c4c3)nc(-c3ccc4sc5ccccc5c4c3)n2)c2oc3c4ccccc4ccc3c2c1. The largest absolute Gasteiger partial charge is 0.456 e. The fourth-order valence-corrected chi connectivity index (χ4v) is 12.2. The van der Waals surface area contributed by atoms with Crippen LogP contribution in [0.25, 0.3) is 158 Å². The molecule has 16 aromatic rings. The smallest absolute Gasteiger partial charge is 0.167 e. The quantitative estimate of drug-likeness (QED) is 0.176. The van der Waals surface area contributed by atoms with E-state index < -0.39 is 0 Å². The predicted octanol–water partition coefficient (Wildman–Crippen LogP) is 17.6. The van der Waals surface area contributed by atoms with Crippen LogP contribution in [0.2, 0.25) is 0 Å². The maximum Gasteiger partial charge on any atom is 0.167 e. The lowest BCUT2D eigenvalue weighted by Crippen LogP contribution is -2.01. The summed E-state index contributed by atoms with van der Waals surface area (Å²) in [4.78, 5) is 16.3. The molecule has 0 aliphatic carbocycles. The molecule has 0 saturated carbocycles. The van der Waals surface area contributed by atoms with Gasteiger partial charge in [-0.2, -0.15) is 0 Å². The Labute approximate surface area is 401 Å². The highest BCUT2D eigenvalue weighted by molar-refractivity contribution is 7.25. The van der Waals surface area contributed by atoms with Crippen molar-refractivity contribution in [2.45, 2.75) is 0 Å². The molecule has 0 atom stereocenters. The first-order valence-corrected chi connectivity index (χ1v) is 24.3. The van der Waals surface area contributed by atoms with E-state index in [0.717, 1.165) is 82.5 Å². The first kappa shape index (κ1) is 37.9. The van der Waals surface area contributed by atoms with Gasteiger partial charge in [-0.05, 0) is 112 Å². The summed E-state index contributed by atoms with van der Waals surface area (Å²) in [5.41, 5.74) is 8.92. The number of benzene rings is 11. The number of nitrogens with zero attached hydrogens (tertiary/aromatic N) is 4. The molecule has 6 nitrogen and oxygen atoms in total. The number of hydrogen-bond acceptors (Lipinski definition) is 6. The molecule has 5 heterocycles. The van der Waals surface area contributed by atoms with E-state index in [0.29, 0.717) is 23.1 Å². The van der Waals surface area contributed by atoms with Gasteiger partial charge in [-0.15, -0.1) is 11.3 Å². The van der Waals surface area contributed by atoms with Gasteiger partial charge in [0.2, 0.25) is 0 Å². The zero-order valence-corrected chi connectivity index (χ0v) is 38.0. The molecule has 16 rings (SSSR count). The zero-order valence-electron chi connectivity index (χ0n) is 37.1. The molecule has 11 aromatic carbocycles. The van der Waals surface area contributed by atoms with Gasteiger partial charge in [-0.1, -0.05) is 121 Å². The van der Waals surface area contributed by atoms with E-state index in [-0.39, 0.29) is 0 Å². The third-order valence-corrected chi connectivity index (χ3v) is 15.5. The molecule has 324 valence electrons. The summed E-state index contributed by atoms with van der Waals surface area (Å²) in [6.45, 7) is 0. The summed E-state index contributed by atoms with van der Waals surface area (Å²) in [6.07, 6.45) is 0. The average Bonchev–Trinajstić information content (AvgIpc) is 4.18. The van der Waals surface area contributed by atoms with Crippen molar-refractivity contribution in [2.75, 3.05) is 0 Å². The average molecular weight is 911 g/mol. The molecule has 5 aromatic heterocycles. The maximum atomic E-state index is 7.18. The second-order valence-electron chi connectivity index (χ2n) is 18.3. The van der Waals surface area contributed by atoms with Gasteiger partial charge >= 0.3 is 0 Å². The topological polar surface area (TPSA) is 69.9 Å². The van der Waals surface area contributed by atoms with Crippen LogP contribution in [0.5, 0.6) is 0 Å². The summed E-state index contributed by atoms with van der Waals surface area (Å²) in [5.74, 6) is 1.64. The van der Waals surface area contributed by atoms with Crippen LogP contribution in [-0.2, 0) is 0 Å². The fourth-order valence-electron chi connectivity index (χ4n) is 11.1. The van der Waals surface area contributed by atoms with Crippen LogP contribution >= 0.6 is 11.3 Å². The molecule has 0 aliphatic heterocycles. The molecule has 0 radical (unpaired) electrons. The monoisotopic (exact) mass is 910 g/mol. The van der Waals surface area contributed by atoms with Crippen LogP contribution in [0.1, 0.15) is 0 Å². The number of furan rings is 2. The third kappa shape index (κ3) is 5.46. The molecule has 0 N–H and O–H groups in total. The van der Waals surface area contributed by atoms with E-state index in [9.17, 15) is 0 Å². The van der Waals surface area contributed by atoms with Crippen LogP contribution in [0.4, 0.5) is 0 Å². The number of aromatic nitrogens is 4. The van der Waals surface area contributed by atoms with Crippen molar-refractivity contribution < 1.29 is 8.83 Å². The Morgan fingerprint density at radius 2 is 0.971 bits per heavy atom. The minimum absolute atomic E-state index is 0.513. The molecule has 0 unspecified atom stereocenters. The lowest BCUT2D eigenvalue weighted by Gasteiger charge is -2.13. The predicted molar refractivity (Wildman–Crippen MR) is 290 cm³/mol. The van der Waals surface area contributed by atoms with E-state index in [4.69, 9.17) is 23.8 Å². The molecule has 0 fully saturated rings. The lowest BCUT2D eigenvalue weighted by molar-refractivity contribution is 0.669. The summed E-state index contributed by atoms with van der Waals surface area (Å²) < 4.78 is 18.4. The molecule has 0 spiro atoms.